The molecule has 0 aliphatic carbocycles. The molecule has 1 heterocycles. The molecule has 12 heteroatoms. The van der Waals surface area contributed by atoms with E-state index in [2.05, 4.69) is 10.6 Å². The monoisotopic (exact) mass is 759 g/mol. The third kappa shape index (κ3) is 13.7. The summed E-state index contributed by atoms with van der Waals surface area (Å²) >= 11 is 0. The molecule has 1 saturated heterocycles. The molecule has 8 atom stereocenters. The summed E-state index contributed by atoms with van der Waals surface area (Å²) in [6, 6.07) is 6.97. The van der Waals surface area contributed by atoms with Crippen LogP contribution < -0.4 is 10.6 Å². The zero-order valence-electron chi connectivity index (χ0n) is 35.3. The first-order valence-electron chi connectivity index (χ1n) is 19.7. The number of benzene rings is 1. The molecular formula is C42H70N4O8. The van der Waals surface area contributed by atoms with E-state index in [9.17, 15) is 24.0 Å². The molecule has 0 spiro atoms. The fourth-order valence-electron chi connectivity index (χ4n) is 7.36. The molecule has 0 radical (unpaired) electrons. The molecule has 1 aromatic rings. The Morgan fingerprint density at radius 3 is 2.07 bits per heavy atom. The number of nitrogens with one attached hydrogen (secondary N) is 2. The van der Waals surface area contributed by atoms with Crippen LogP contribution in [0.15, 0.2) is 30.3 Å². The van der Waals surface area contributed by atoms with E-state index in [0.717, 1.165) is 18.4 Å². The molecule has 1 fully saturated rings. The fourth-order valence-corrected chi connectivity index (χ4v) is 7.36. The van der Waals surface area contributed by atoms with Crippen LogP contribution in [0.3, 0.4) is 0 Å². The van der Waals surface area contributed by atoms with Gasteiger partial charge in [-0.3, -0.25) is 19.2 Å². The molecular weight excluding hydrogens is 688 g/mol. The molecule has 12 nitrogen and oxygen atoms in total. The first-order valence-corrected chi connectivity index (χ1v) is 19.7. The van der Waals surface area contributed by atoms with Crippen molar-refractivity contribution >= 4 is 29.6 Å². The smallest absolute Gasteiger partial charge is 0.329 e. The zero-order valence-corrected chi connectivity index (χ0v) is 35.3. The van der Waals surface area contributed by atoms with Crippen molar-refractivity contribution in [1.82, 2.24) is 20.4 Å². The highest BCUT2D eigenvalue weighted by Crippen LogP contribution is 2.30. The highest BCUT2D eigenvalue weighted by molar-refractivity contribution is 5.88. The molecule has 1 aromatic carbocycles. The SMILES string of the molecule is CCC(C)C(C(CC(=O)N1CCC[C@H]1C(OC)C(C)C(=O)NC(Cc1ccccc1)C(=O)OC(C)(C)C)OC)N(C)C(=O)C(NC(=O)CC(C)C)C(C)C. The van der Waals surface area contributed by atoms with Crippen LogP contribution in [0.25, 0.3) is 0 Å². The van der Waals surface area contributed by atoms with Gasteiger partial charge >= 0.3 is 5.97 Å². The van der Waals surface area contributed by atoms with Gasteiger partial charge in [-0.05, 0) is 56.9 Å². The van der Waals surface area contributed by atoms with Gasteiger partial charge in [-0.15, -0.1) is 0 Å². The van der Waals surface area contributed by atoms with E-state index in [0.29, 0.717) is 19.4 Å². The molecule has 2 rings (SSSR count). The normalized spacial score (nSPS) is 18.6. The molecule has 0 saturated carbocycles. The Kier molecular flexibility index (Phi) is 18.6. The second-order valence-electron chi connectivity index (χ2n) is 16.8. The number of esters is 1. The molecule has 7 unspecified atom stereocenters. The minimum Gasteiger partial charge on any atom is -0.458 e. The molecule has 1 aliphatic heterocycles. The van der Waals surface area contributed by atoms with Crippen molar-refractivity contribution < 1.29 is 38.2 Å². The summed E-state index contributed by atoms with van der Waals surface area (Å²) in [5, 5.41) is 5.87. The average molecular weight is 759 g/mol. The van der Waals surface area contributed by atoms with E-state index in [1.54, 1.807) is 51.7 Å². The van der Waals surface area contributed by atoms with Gasteiger partial charge in [0.05, 0.1) is 36.6 Å². The predicted octanol–water partition coefficient (Wildman–Crippen LogP) is 5.16. The Hall–Kier alpha value is -3.51. The van der Waals surface area contributed by atoms with E-state index in [1.807, 2.05) is 71.9 Å². The van der Waals surface area contributed by atoms with Crippen molar-refractivity contribution in [2.24, 2.45) is 23.7 Å². The molecule has 2 N–H and O–H groups in total. The van der Waals surface area contributed by atoms with Gasteiger partial charge in [0.15, 0.2) is 0 Å². The maximum Gasteiger partial charge on any atom is 0.329 e. The van der Waals surface area contributed by atoms with E-state index < -0.39 is 53.9 Å². The van der Waals surface area contributed by atoms with Gasteiger partial charge in [0.2, 0.25) is 23.6 Å². The third-order valence-electron chi connectivity index (χ3n) is 10.4. The van der Waals surface area contributed by atoms with Crippen molar-refractivity contribution in [1.29, 1.82) is 0 Å². The number of nitrogens with zero attached hydrogens (tertiary/aromatic N) is 2. The van der Waals surface area contributed by atoms with Crippen LogP contribution in [0.1, 0.15) is 107 Å². The summed E-state index contributed by atoms with van der Waals surface area (Å²) in [5.74, 6) is -2.17. The summed E-state index contributed by atoms with van der Waals surface area (Å²) in [7, 11) is 4.81. The Morgan fingerprint density at radius 2 is 1.56 bits per heavy atom. The molecule has 1 aliphatic rings. The maximum atomic E-state index is 14.2. The lowest BCUT2D eigenvalue weighted by atomic mass is 9.89. The lowest BCUT2D eigenvalue weighted by molar-refractivity contribution is -0.159. The number of likely N-dealkylation sites (tertiary alicyclic amines) is 1. The van der Waals surface area contributed by atoms with Crippen molar-refractivity contribution in [2.45, 2.75) is 150 Å². The first-order chi connectivity index (χ1) is 25.3. The van der Waals surface area contributed by atoms with Crippen LogP contribution in [0.4, 0.5) is 0 Å². The summed E-state index contributed by atoms with van der Waals surface area (Å²) in [4.78, 5) is 71.5. The Morgan fingerprint density at radius 1 is 0.926 bits per heavy atom. The summed E-state index contributed by atoms with van der Waals surface area (Å²) < 4.78 is 17.6. The topological polar surface area (TPSA) is 144 Å². The number of carbonyl (C=O) groups is 5. The van der Waals surface area contributed by atoms with Crippen LogP contribution >= 0.6 is 0 Å². The molecule has 0 bridgehead atoms. The summed E-state index contributed by atoms with van der Waals surface area (Å²) in [6.07, 6.45) is 1.42. The Balaban J connectivity index is 2.29. The van der Waals surface area contributed by atoms with Crippen LogP contribution in [0, 0.1) is 23.7 Å². The van der Waals surface area contributed by atoms with Gasteiger partial charge in [-0.1, -0.05) is 85.2 Å². The minimum absolute atomic E-state index is 0.0144. The largest absolute Gasteiger partial charge is 0.458 e. The van der Waals surface area contributed by atoms with Gasteiger partial charge in [-0.25, -0.2) is 4.79 Å². The molecule has 4 amide bonds. The van der Waals surface area contributed by atoms with Gasteiger partial charge in [0.1, 0.15) is 17.7 Å². The Bertz CT molecular complexity index is 1360. The van der Waals surface area contributed by atoms with Gasteiger partial charge in [0.25, 0.3) is 0 Å². The number of ether oxygens (including phenoxy) is 3. The van der Waals surface area contributed by atoms with E-state index in [4.69, 9.17) is 14.2 Å². The molecule has 54 heavy (non-hydrogen) atoms. The van der Waals surface area contributed by atoms with Crippen LogP contribution in [0.2, 0.25) is 0 Å². The summed E-state index contributed by atoms with van der Waals surface area (Å²) in [6.45, 7) is 19.4. The third-order valence-corrected chi connectivity index (χ3v) is 10.4. The zero-order chi connectivity index (χ0) is 40.9. The van der Waals surface area contributed by atoms with Gasteiger partial charge < -0.3 is 34.6 Å². The van der Waals surface area contributed by atoms with Crippen molar-refractivity contribution in [3.63, 3.8) is 0 Å². The van der Waals surface area contributed by atoms with Crippen molar-refractivity contribution in [3.8, 4) is 0 Å². The number of hydrogen-bond acceptors (Lipinski definition) is 8. The van der Waals surface area contributed by atoms with Crippen LogP contribution in [0.5, 0.6) is 0 Å². The average Bonchev–Trinajstić information content (AvgIpc) is 3.58. The van der Waals surface area contributed by atoms with Gasteiger partial charge in [-0.2, -0.15) is 0 Å². The maximum absolute atomic E-state index is 14.2. The number of amides is 4. The standard InChI is InChI=1S/C42H70N4O8/c1-14-28(6)37(45(11)40(50)36(27(4)5)44-34(47)23-26(2)3)33(52-12)25-35(48)46-22-18-21-32(46)38(53-13)29(7)39(49)43-31(41(51)54-42(8,9)10)24-30-19-16-15-17-20-30/h15-17,19-20,26-29,31-33,36-38H,14,18,21-25H2,1-13H3,(H,43,49)(H,44,47)/t28?,29?,31?,32-,33?,36?,37?,38?/m0/s1. The second-order valence-corrected chi connectivity index (χ2v) is 16.8. The van der Waals surface area contributed by atoms with Crippen molar-refractivity contribution in [2.75, 3.05) is 27.8 Å². The van der Waals surface area contributed by atoms with Crippen LogP contribution in [-0.2, 0) is 44.6 Å². The minimum atomic E-state index is -0.918. The molecule has 0 aromatic heterocycles. The van der Waals surface area contributed by atoms with Crippen LogP contribution in [-0.4, -0.2) is 109 Å². The quantitative estimate of drug-likeness (QED) is 0.174. The number of methoxy groups -OCH3 is 2. The first kappa shape index (κ1) is 46.6. The Labute approximate surface area is 324 Å². The highest BCUT2D eigenvalue weighted by Gasteiger charge is 2.43. The summed E-state index contributed by atoms with van der Waals surface area (Å²) in [5.41, 5.74) is 0.140. The highest BCUT2D eigenvalue weighted by atomic mass is 16.6. The van der Waals surface area contributed by atoms with E-state index >= 15 is 0 Å². The second kappa shape index (κ2) is 21.5. The lowest BCUT2D eigenvalue weighted by Crippen LogP contribution is -2.58. The number of rotatable bonds is 20. The van der Waals surface area contributed by atoms with Gasteiger partial charge in [0, 0.05) is 40.7 Å². The number of carbonyl (C=O) groups excluding carboxylic acids is 5. The van der Waals surface area contributed by atoms with E-state index in [1.165, 1.54) is 7.11 Å². The number of hydrogen-bond donors (Lipinski definition) is 2. The fraction of sp³-hybridized carbons (Fsp3) is 0.738. The lowest BCUT2D eigenvalue weighted by Gasteiger charge is -2.41. The predicted molar refractivity (Wildman–Crippen MR) is 210 cm³/mol. The van der Waals surface area contributed by atoms with Crippen molar-refractivity contribution in [3.05, 3.63) is 35.9 Å². The van der Waals surface area contributed by atoms with E-state index in [-0.39, 0.29) is 54.2 Å². The number of likely N-dealkylation sites (N-methyl/N-ethyl adjacent to an activating group) is 1. The molecule has 306 valence electrons.